The minimum Gasteiger partial charge on any atom is -0.384 e. The summed E-state index contributed by atoms with van der Waals surface area (Å²) in [5, 5.41) is 0.208. The van der Waals surface area contributed by atoms with Gasteiger partial charge in [-0.05, 0) is 24.6 Å². The van der Waals surface area contributed by atoms with Crippen LogP contribution in [0.4, 0.5) is 0 Å². The van der Waals surface area contributed by atoms with Gasteiger partial charge in [-0.3, -0.25) is 4.79 Å². The highest BCUT2D eigenvalue weighted by Gasteiger charge is 2.28. The van der Waals surface area contributed by atoms with E-state index in [1.54, 1.807) is 12.0 Å². The fraction of sp³-hybridized carbons (Fsp3) is 0.462. The second-order valence-corrected chi connectivity index (χ2v) is 7.91. The van der Waals surface area contributed by atoms with E-state index >= 15 is 0 Å². The molecule has 0 radical (unpaired) electrons. The summed E-state index contributed by atoms with van der Waals surface area (Å²) in [4.78, 5) is 14.0. The Balaban J connectivity index is 2.24. The fourth-order valence-corrected chi connectivity index (χ4v) is 3.35. The van der Waals surface area contributed by atoms with Crippen LogP contribution in [0.5, 0.6) is 0 Å². The standard InChI is InChI=1S/C13H15Cl2NO4S/c1-20-8-9-4-5-16(7-9)13(17)11-6-10(21(15,18)19)2-3-12(11)14/h2-3,6,9H,4-5,7-8H2,1H3. The highest BCUT2D eigenvalue weighted by Crippen LogP contribution is 2.26. The van der Waals surface area contributed by atoms with Gasteiger partial charge in [0.1, 0.15) is 0 Å². The molecule has 0 spiro atoms. The van der Waals surface area contributed by atoms with Gasteiger partial charge in [0.2, 0.25) is 0 Å². The largest absolute Gasteiger partial charge is 0.384 e. The summed E-state index contributed by atoms with van der Waals surface area (Å²) in [5.41, 5.74) is 0.149. The molecule has 1 unspecified atom stereocenters. The summed E-state index contributed by atoms with van der Waals surface area (Å²) in [6, 6.07) is 3.86. The van der Waals surface area contributed by atoms with E-state index in [9.17, 15) is 13.2 Å². The number of amides is 1. The average molecular weight is 352 g/mol. The molecule has 1 fully saturated rings. The zero-order valence-electron chi connectivity index (χ0n) is 11.4. The number of hydrogen-bond donors (Lipinski definition) is 0. The molecular formula is C13H15Cl2NO4S. The Labute approximate surface area is 133 Å². The highest BCUT2D eigenvalue weighted by atomic mass is 35.7. The van der Waals surface area contributed by atoms with Crippen molar-refractivity contribution in [2.45, 2.75) is 11.3 Å². The number of hydrogen-bond acceptors (Lipinski definition) is 4. The lowest BCUT2D eigenvalue weighted by Crippen LogP contribution is -2.29. The number of carbonyl (C=O) groups is 1. The molecule has 1 amide bonds. The molecule has 0 aromatic heterocycles. The zero-order chi connectivity index (χ0) is 15.6. The van der Waals surface area contributed by atoms with Crippen molar-refractivity contribution < 1.29 is 17.9 Å². The first-order valence-corrected chi connectivity index (χ1v) is 9.04. The minimum absolute atomic E-state index is 0.135. The van der Waals surface area contributed by atoms with Gasteiger partial charge < -0.3 is 9.64 Å². The Bertz CT molecular complexity index is 648. The molecule has 0 N–H and O–H groups in total. The first-order chi connectivity index (χ1) is 9.82. The van der Waals surface area contributed by atoms with Crippen LogP contribution in [-0.4, -0.2) is 46.0 Å². The van der Waals surface area contributed by atoms with Crippen molar-refractivity contribution in [2.24, 2.45) is 5.92 Å². The maximum Gasteiger partial charge on any atom is 0.261 e. The van der Waals surface area contributed by atoms with Gasteiger partial charge in [-0.25, -0.2) is 8.42 Å². The van der Waals surface area contributed by atoms with Crippen LogP contribution in [0, 0.1) is 5.92 Å². The van der Waals surface area contributed by atoms with Gasteiger partial charge in [0.15, 0.2) is 0 Å². The molecule has 0 aliphatic carbocycles. The molecular weight excluding hydrogens is 337 g/mol. The predicted molar refractivity (Wildman–Crippen MR) is 80.4 cm³/mol. The molecule has 2 rings (SSSR count). The van der Waals surface area contributed by atoms with Gasteiger partial charge in [0, 0.05) is 36.8 Å². The van der Waals surface area contributed by atoms with Crippen molar-refractivity contribution in [3.63, 3.8) is 0 Å². The highest BCUT2D eigenvalue weighted by molar-refractivity contribution is 8.13. The number of carbonyl (C=O) groups excluding carboxylic acids is 1. The van der Waals surface area contributed by atoms with Gasteiger partial charge in [0.25, 0.3) is 15.0 Å². The number of nitrogens with zero attached hydrogens (tertiary/aromatic N) is 1. The summed E-state index contributed by atoms with van der Waals surface area (Å²) in [6.07, 6.45) is 0.852. The molecule has 5 nitrogen and oxygen atoms in total. The molecule has 0 saturated carbocycles. The molecule has 116 valence electrons. The quantitative estimate of drug-likeness (QED) is 0.781. The van der Waals surface area contributed by atoms with Crippen LogP contribution in [0.2, 0.25) is 5.02 Å². The molecule has 8 heteroatoms. The summed E-state index contributed by atoms with van der Waals surface area (Å²) >= 11 is 6.01. The molecule has 21 heavy (non-hydrogen) atoms. The van der Waals surface area contributed by atoms with Crippen LogP contribution < -0.4 is 0 Å². The minimum atomic E-state index is -3.90. The average Bonchev–Trinajstić information content (AvgIpc) is 2.86. The van der Waals surface area contributed by atoms with E-state index in [0.29, 0.717) is 19.7 Å². The van der Waals surface area contributed by atoms with Gasteiger partial charge in [-0.2, -0.15) is 0 Å². The molecule has 1 heterocycles. The molecule has 1 atom stereocenters. The van der Waals surface area contributed by atoms with Crippen LogP contribution >= 0.6 is 22.3 Å². The fourth-order valence-electron chi connectivity index (χ4n) is 2.38. The van der Waals surface area contributed by atoms with Crippen LogP contribution in [-0.2, 0) is 13.8 Å². The number of benzene rings is 1. The smallest absolute Gasteiger partial charge is 0.261 e. The van der Waals surface area contributed by atoms with Crippen molar-refractivity contribution >= 4 is 37.2 Å². The maximum atomic E-state index is 12.5. The first-order valence-electron chi connectivity index (χ1n) is 6.35. The van der Waals surface area contributed by atoms with E-state index in [1.807, 2.05) is 0 Å². The normalized spacial score (nSPS) is 19.0. The van der Waals surface area contributed by atoms with E-state index in [0.717, 1.165) is 6.42 Å². The molecule has 0 bridgehead atoms. The topological polar surface area (TPSA) is 63.7 Å². The van der Waals surface area contributed by atoms with Crippen LogP contribution in [0.3, 0.4) is 0 Å². The lowest BCUT2D eigenvalue weighted by Gasteiger charge is -2.17. The SMILES string of the molecule is COCC1CCN(C(=O)c2cc(S(=O)(=O)Cl)ccc2Cl)C1. The summed E-state index contributed by atoms with van der Waals surface area (Å²) in [6.45, 7) is 1.76. The van der Waals surface area contributed by atoms with Crippen LogP contribution in [0.1, 0.15) is 16.8 Å². The van der Waals surface area contributed by atoms with Gasteiger partial charge in [-0.1, -0.05) is 11.6 Å². The van der Waals surface area contributed by atoms with Crippen molar-refractivity contribution in [3.8, 4) is 0 Å². The Morgan fingerprint density at radius 2 is 2.19 bits per heavy atom. The Morgan fingerprint density at radius 3 is 2.81 bits per heavy atom. The number of rotatable bonds is 4. The zero-order valence-corrected chi connectivity index (χ0v) is 13.7. The third kappa shape index (κ3) is 3.88. The van der Waals surface area contributed by atoms with Crippen molar-refractivity contribution in [3.05, 3.63) is 28.8 Å². The Hall–Kier alpha value is -0.820. The number of halogens is 2. The van der Waals surface area contributed by atoms with E-state index in [-0.39, 0.29) is 27.3 Å². The van der Waals surface area contributed by atoms with E-state index in [2.05, 4.69) is 0 Å². The molecule has 1 aliphatic heterocycles. The molecule has 1 aromatic carbocycles. The van der Waals surface area contributed by atoms with Crippen molar-refractivity contribution in [2.75, 3.05) is 26.8 Å². The third-order valence-corrected chi connectivity index (χ3v) is 5.11. The van der Waals surface area contributed by atoms with Gasteiger partial charge in [0.05, 0.1) is 22.1 Å². The second kappa shape index (κ2) is 6.52. The van der Waals surface area contributed by atoms with Gasteiger partial charge in [-0.15, -0.1) is 0 Å². The first kappa shape index (κ1) is 16.5. The number of methoxy groups -OCH3 is 1. The van der Waals surface area contributed by atoms with Crippen LogP contribution in [0.25, 0.3) is 0 Å². The van der Waals surface area contributed by atoms with Crippen LogP contribution in [0.15, 0.2) is 23.1 Å². The van der Waals surface area contributed by atoms with E-state index in [4.69, 9.17) is 27.0 Å². The Morgan fingerprint density at radius 1 is 1.48 bits per heavy atom. The van der Waals surface area contributed by atoms with E-state index < -0.39 is 9.05 Å². The number of ether oxygens (including phenoxy) is 1. The summed E-state index contributed by atoms with van der Waals surface area (Å²) < 4.78 is 27.8. The second-order valence-electron chi connectivity index (χ2n) is 4.94. The number of likely N-dealkylation sites (tertiary alicyclic amines) is 1. The lowest BCUT2D eigenvalue weighted by atomic mass is 10.1. The summed E-state index contributed by atoms with van der Waals surface area (Å²) in [5.74, 6) is -0.00145. The summed E-state index contributed by atoms with van der Waals surface area (Å²) in [7, 11) is 3.02. The monoisotopic (exact) mass is 351 g/mol. The Kier molecular flexibility index (Phi) is 5.14. The molecule has 1 aromatic rings. The lowest BCUT2D eigenvalue weighted by molar-refractivity contribution is 0.0775. The van der Waals surface area contributed by atoms with E-state index in [1.165, 1.54) is 18.2 Å². The molecule has 1 aliphatic rings. The van der Waals surface area contributed by atoms with Crippen molar-refractivity contribution in [1.82, 2.24) is 4.90 Å². The predicted octanol–water partition coefficient (Wildman–Crippen LogP) is 2.38. The van der Waals surface area contributed by atoms with Gasteiger partial charge >= 0.3 is 0 Å². The maximum absolute atomic E-state index is 12.5. The molecule has 1 saturated heterocycles. The van der Waals surface area contributed by atoms with Crippen molar-refractivity contribution in [1.29, 1.82) is 0 Å². The third-order valence-electron chi connectivity index (χ3n) is 3.43.